The second-order valence-corrected chi connectivity index (χ2v) is 16.1. The third-order valence-corrected chi connectivity index (χ3v) is 12.5. The molecule has 1 spiro atoms. The van der Waals surface area contributed by atoms with Crippen LogP contribution in [0.3, 0.4) is 0 Å². The van der Waals surface area contributed by atoms with E-state index in [0.717, 1.165) is 64.2 Å². The van der Waals surface area contributed by atoms with Crippen LogP contribution in [0.15, 0.2) is 60.2 Å². The molecule has 2 saturated heterocycles. The van der Waals surface area contributed by atoms with Crippen molar-refractivity contribution in [1.82, 2.24) is 24.0 Å². The zero-order valence-electron chi connectivity index (χ0n) is 32.1. The molecule has 0 unspecified atom stereocenters. The molecule has 3 aromatic heterocycles. The number of aromatic nitrogens is 4. The highest BCUT2D eigenvalue weighted by Gasteiger charge is 2.49. The van der Waals surface area contributed by atoms with Gasteiger partial charge >= 0.3 is 0 Å². The van der Waals surface area contributed by atoms with Crippen molar-refractivity contribution < 1.29 is 19.4 Å². The molecule has 14 nitrogen and oxygen atoms in total. The van der Waals surface area contributed by atoms with Crippen LogP contribution in [0.5, 0.6) is 0 Å². The fourth-order valence-electron chi connectivity index (χ4n) is 9.37. The lowest BCUT2D eigenvalue weighted by Gasteiger charge is -2.45. The maximum Gasteiger partial charge on any atom is 0.293 e. The topological polar surface area (TPSA) is 150 Å². The molecular formula is C42H49N9O5. The third-order valence-electron chi connectivity index (χ3n) is 12.5. The summed E-state index contributed by atoms with van der Waals surface area (Å²) in [7, 11) is 1.65. The Morgan fingerprint density at radius 3 is 2.66 bits per heavy atom. The zero-order valence-corrected chi connectivity index (χ0v) is 32.1. The highest BCUT2D eigenvalue weighted by molar-refractivity contribution is 6.06. The predicted molar refractivity (Wildman–Crippen MR) is 215 cm³/mol. The van der Waals surface area contributed by atoms with E-state index in [1.807, 2.05) is 18.2 Å². The number of nitrogens with one attached hydrogen (secondary N) is 2. The van der Waals surface area contributed by atoms with E-state index in [9.17, 15) is 19.5 Å². The minimum Gasteiger partial charge on any atom is -0.392 e. The third kappa shape index (κ3) is 6.48. The van der Waals surface area contributed by atoms with Gasteiger partial charge in [-0.05, 0) is 92.8 Å². The number of rotatable bonds is 9. The number of carbonyl (C=O) groups excluding carboxylic acids is 2. The second-order valence-electron chi connectivity index (χ2n) is 16.1. The van der Waals surface area contributed by atoms with Crippen LogP contribution in [0, 0.1) is 5.41 Å². The van der Waals surface area contributed by atoms with Crippen molar-refractivity contribution >= 4 is 40.5 Å². The highest BCUT2D eigenvalue weighted by atomic mass is 16.5. The summed E-state index contributed by atoms with van der Waals surface area (Å²) >= 11 is 0. The first kappa shape index (κ1) is 36.3. The largest absolute Gasteiger partial charge is 0.392 e. The number of carbonyl (C=O) groups is 2. The number of ether oxygens (including phenoxy) is 1. The number of fused-ring (bicyclic) bond motifs is 3. The van der Waals surface area contributed by atoms with Crippen molar-refractivity contribution in [2.75, 3.05) is 59.8 Å². The number of nitrogens with zero attached hydrogens (tertiary/aromatic N) is 7. The average Bonchev–Trinajstić information content (AvgIpc) is 3.75. The van der Waals surface area contributed by atoms with E-state index in [1.54, 1.807) is 30.4 Å². The van der Waals surface area contributed by atoms with Crippen molar-refractivity contribution in [2.45, 2.75) is 70.7 Å². The number of benzene rings is 1. The van der Waals surface area contributed by atoms with Crippen molar-refractivity contribution in [3.63, 3.8) is 0 Å². The van der Waals surface area contributed by atoms with Gasteiger partial charge in [0.05, 0.1) is 23.7 Å². The van der Waals surface area contributed by atoms with E-state index in [4.69, 9.17) is 9.72 Å². The number of aryl methyl sites for hydroxylation is 1. The average molecular weight is 760 g/mol. The Labute approximate surface area is 325 Å². The molecule has 0 bridgehead atoms. The number of hydrogen-bond acceptors (Lipinski definition) is 10. The van der Waals surface area contributed by atoms with Crippen molar-refractivity contribution in [3.8, 4) is 11.3 Å². The summed E-state index contributed by atoms with van der Waals surface area (Å²) in [4.78, 5) is 56.1. The van der Waals surface area contributed by atoms with Crippen LogP contribution in [0.4, 0.5) is 28.7 Å². The molecular weight excluding hydrogens is 711 g/mol. The van der Waals surface area contributed by atoms with Crippen LogP contribution in [-0.4, -0.2) is 92.4 Å². The van der Waals surface area contributed by atoms with Gasteiger partial charge < -0.3 is 34.5 Å². The molecule has 0 radical (unpaired) electrons. The second kappa shape index (κ2) is 14.3. The fourth-order valence-corrected chi connectivity index (χ4v) is 9.37. The molecule has 9 rings (SSSR count). The zero-order chi connectivity index (χ0) is 38.7. The quantitative estimate of drug-likeness (QED) is 0.212. The van der Waals surface area contributed by atoms with Gasteiger partial charge in [0.15, 0.2) is 5.82 Å². The van der Waals surface area contributed by atoms with Crippen molar-refractivity contribution in [2.24, 2.45) is 12.5 Å². The monoisotopic (exact) mass is 759 g/mol. The number of aliphatic hydroxyl groups excluding tert-OH is 1. The van der Waals surface area contributed by atoms with Gasteiger partial charge in [-0.25, -0.2) is 9.97 Å². The first-order valence-electron chi connectivity index (χ1n) is 19.8. The van der Waals surface area contributed by atoms with E-state index >= 15 is 0 Å². The molecule has 3 N–H and O–H groups in total. The Morgan fingerprint density at radius 1 is 1.09 bits per heavy atom. The van der Waals surface area contributed by atoms with Crippen LogP contribution in [0.1, 0.15) is 59.9 Å². The van der Waals surface area contributed by atoms with Gasteiger partial charge in [-0.15, -0.1) is 0 Å². The Kier molecular flexibility index (Phi) is 9.29. The first-order valence-corrected chi connectivity index (χ1v) is 19.8. The lowest BCUT2D eigenvalue weighted by Crippen LogP contribution is -2.56. The maximum atomic E-state index is 14.0. The molecule has 2 aliphatic carbocycles. The van der Waals surface area contributed by atoms with Crippen molar-refractivity contribution in [1.29, 1.82) is 0 Å². The maximum absolute atomic E-state index is 14.0. The Balaban J connectivity index is 0.988. The summed E-state index contributed by atoms with van der Waals surface area (Å²) in [5.41, 5.74) is 6.79. The summed E-state index contributed by atoms with van der Waals surface area (Å²) < 4.78 is 9.21. The number of hydrogen-bond donors (Lipinski definition) is 3. The molecule has 56 heavy (non-hydrogen) atoms. The fraction of sp³-hybridized carbons (Fsp3) is 0.452. The molecule has 1 aromatic carbocycles. The van der Waals surface area contributed by atoms with Gasteiger partial charge in [-0.1, -0.05) is 6.58 Å². The summed E-state index contributed by atoms with van der Waals surface area (Å²) in [6, 6.07) is 10.2. The van der Waals surface area contributed by atoms with Gasteiger partial charge in [-0.2, -0.15) is 0 Å². The Morgan fingerprint density at radius 2 is 1.91 bits per heavy atom. The van der Waals surface area contributed by atoms with Crippen LogP contribution < -0.4 is 26.0 Å². The van der Waals surface area contributed by atoms with E-state index < -0.39 is 0 Å². The van der Waals surface area contributed by atoms with E-state index in [2.05, 4.69) is 49.6 Å². The minimum absolute atomic E-state index is 0.0641. The standard InChI is InChI=1S/C42H49N9O5/c1-4-37(53)45-32-20-28(5-6-34(32)49-14-13-48(23-26(49)2)29-8-17-56-18-9-29)44-38-41(55)47(3)24-33(46-38)30-7-12-43-39(31(30)25-52)51-16-15-50-35(40(51)54)19-27-21-42(10-11-42)22-36(27)50/h4-7,12,19-20,24,26,29,52H,1,8-11,13-18,21-23,25H2,2-3H3,(H,44,46)(H,45,53)/t26-/m0/s1. The van der Waals surface area contributed by atoms with Gasteiger partial charge in [0, 0.05) is 100.0 Å². The van der Waals surface area contributed by atoms with Gasteiger partial charge in [-0.3, -0.25) is 24.2 Å². The molecule has 3 fully saturated rings. The number of amides is 2. The molecule has 3 aliphatic heterocycles. The van der Waals surface area contributed by atoms with Crippen LogP contribution in [0.2, 0.25) is 0 Å². The molecule has 5 aliphatic rings. The van der Waals surface area contributed by atoms with Crippen LogP contribution in [0.25, 0.3) is 11.3 Å². The Bertz CT molecular complexity index is 2290. The molecule has 6 heterocycles. The van der Waals surface area contributed by atoms with E-state index in [-0.39, 0.29) is 35.8 Å². The molecule has 292 valence electrons. The highest BCUT2D eigenvalue weighted by Crippen LogP contribution is 2.56. The summed E-state index contributed by atoms with van der Waals surface area (Å²) in [5, 5.41) is 17.0. The molecule has 1 atom stereocenters. The van der Waals surface area contributed by atoms with Crippen LogP contribution in [-0.2, 0) is 42.6 Å². The first-order chi connectivity index (χ1) is 27.1. The van der Waals surface area contributed by atoms with Gasteiger partial charge in [0.1, 0.15) is 11.5 Å². The lowest BCUT2D eigenvalue weighted by molar-refractivity contribution is -0.111. The number of aliphatic hydroxyl groups is 1. The van der Waals surface area contributed by atoms with Gasteiger partial charge in [0.2, 0.25) is 5.91 Å². The number of piperazine rings is 1. The van der Waals surface area contributed by atoms with Crippen LogP contribution >= 0.6 is 0 Å². The number of pyridine rings is 1. The van der Waals surface area contributed by atoms with Gasteiger partial charge in [0.25, 0.3) is 11.5 Å². The summed E-state index contributed by atoms with van der Waals surface area (Å²) in [6.07, 6.45) is 11.2. The summed E-state index contributed by atoms with van der Waals surface area (Å²) in [6.45, 7) is 10.8. The van der Waals surface area contributed by atoms with E-state index in [0.29, 0.717) is 64.3 Å². The van der Waals surface area contributed by atoms with Crippen molar-refractivity contribution in [3.05, 3.63) is 88.2 Å². The SMILES string of the molecule is C=CC(=O)Nc1cc(Nc2nc(-c3ccnc(N4CCn5c(cc6c5CC5(CC5)C6)C4=O)c3CO)cn(C)c2=O)ccc1N1CCN(C2CCOCC2)C[C@@H]1C. The summed E-state index contributed by atoms with van der Waals surface area (Å²) in [5.74, 6) is -0.0279. The lowest BCUT2D eigenvalue weighted by atomic mass is 10.0. The van der Waals surface area contributed by atoms with E-state index in [1.165, 1.54) is 34.7 Å². The normalized spacial score (nSPS) is 20.6. The molecule has 2 amide bonds. The Hall–Kier alpha value is -5.31. The minimum atomic E-state index is -0.384. The molecule has 1 saturated carbocycles. The predicted octanol–water partition coefficient (Wildman–Crippen LogP) is 4.23. The molecule has 4 aromatic rings. The molecule has 14 heteroatoms. The number of anilines is 5. The smallest absolute Gasteiger partial charge is 0.293 e.